The zero-order valence-corrected chi connectivity index (χ0v) is 19.0. The van der Waals surface area contributed by atoms with Gasteiger partial charge in [0.25, 0.3) is 11.1 Å². The van der Waals surface area contributed by atoms with Crippen molar-refractivity contribution in [2.24, 2.45) is 0 Å². The SMILES string of the molecule is CC(C)c1ccccc1-n1c(SCn2nnc3ccccc3c2=O)nc2ccccc2c1=O. The highest BCUT2D eigenvalue weighted by Crippen LogP contribution is 2.27. The van der Waals surface area contributed by atoms with Gasteiger partial charge in [0.1, 0.15) is 5.52 Å². The van der Waals surface area contributed by atoms with Crippen LogP contribution in [0.4, 0.5) is 0 Å². The number of hydrogen-bond donors (Lipinski definition) is 0. The molecule has 0 fully saturated rings. The molecule has 0 saturated heterocycles. The van der Waals surface area contributed by atoms with Gasteiger partial charge in [-0.3, -0.25) is 14.2 Å². The van der Waals surface area contributed by atoms with Crippen molar-refractivity contribution in [1.82, 2.24) is 24.5 Å². The fourth-order valence-electron chi connectivity index (χ4n) is 3.83. The summed E-state index contributed by atoms with van der Waals surface area (Å²) in [7, 11) is 0. The molecule has 0 atom stereocenters. The molecule has 0 aliphatic rings. The zero-order valence-electron chi connectivity index (χ0n) is 18.2. The second-order valence-electron chi connectivity index (χ2n) is 7.95. The van der Waals surface area contributed by atoms with Gasteiger partial charge < -0.3 is 0 Å². The van der Waals surface area contributed by atoms with Crippen LogP contribution in [0.25, 0.3) is 27.5 Å². The second kappa shape index (κ2) is 8.63. The predicted octanol–water partition coefficient (Wildman–Crippen LogP) is 4.36. The summed E-state index contributed by atoms with van der Waals surface area (Å²) in [5.74, 6) is 0.386. The molecule has 0 radical (unpaired) electrons. The van der Waals surface area contributed by atoms with Crippen molar-refractivity contribution in [1.29, 1.82) is 0 Å². The quantitative estimate of drug-likeness (QED) is 0.289. The molecule has 0 amide bonds. The first-order valence-corrected chi connectivity index (χ1v) is 11.6. The van der Waals surface area contributed by atoms with Gasteiger partial charge in [-0.2, -0.15) is 4.68 Å². The van der Waals surface area contributed by atoms with Crippen LogP contribution >= 0.6 is 11.8 Å². The van der Waals surface area contributed by atoms with E-state index in [1.165, 1.54) is 16.4 Å². The van der Waals surface area contributed by atoms with Crippen LogP contribution in [0.1, 0.15) is 25.3 Å². The summed E-state index contributed by atoms with van der Waals surface area (Å²) in [6.07, 6.45) is 0. The van der Waals surface area contributed by atoms with Crippen LogP contribution in [0.3, 0.4) is 0 Å². The Morgan fingerprint density at radius 2 is 1.45 bits per heavy atom. The lowest BCUT2D eigenvalue weighted by atomic mass is 10.0. The lowest BCUT2D eigenvalue weighted by Gasteiger charge is -2.18. The van der Waals surface area contributed by atoms with Gasteiger partial charge in [-0.1, -0.05) is 73.3 Å². The van der Waals surface area contributed by atoms with Gasteiger partial charge >= 0.3 is 0 Å². The number of fused-ring (bicyclic) bond motifs is 2. The average molecular weight is 456 g/mol. The summed E-state index contributed by atoms with van der Waals surface area (Å²) in [6.45, 7) is 4.19. The summed E-state index contributed by atoms with van der Waals surface area (Å²) in [6, 6.07) is 22.2. The molecule has 3 aromatic carbocycles. The molecule has 7 nitrogen and oxygen atoms in total. The van der Waals surface area contributed by atoms with Gasteiger partial charge in [0.2, 0.25) is 0 Å². The van der Waals surface area contributed by atoms with E-state index in [2.05, 4.69) is 24.2 Å². The number of aromatic nitrogens is 5. The first kappa shape index (κ1) is 21.1. The topological polar surface area (TPSA) is 82.7 Å². The monoisotopic (exact) mass is 455 g/mol. The normalized spacial score (nSPS) is 11.5. The van der Waals surface area contributed by atoms with Gasteiger partial charge in [0.05, 0.1) is 27.9 Å². The molecule has 33 heavy (non-hydrogen) atoms. The minimum Gasteiger partial charge on any atom is -0.268 e. The van der Waals surface area contributed by atoms with Crippen LogP contribution in [0.2, 0.25) is 0 Å². The molecule has 0 aliphatic carbocycles. The minimum atomic E-state index is -0.231. The van der Waals surface area contributed by atoms with Crippen molar-refractivity contribution in [2.75, 3.05) is 0 Å². The van der Waals surface area contributed by atoms with Crippen LogP contribution in [0.5, 0.6) is 0 Å². The van der Waals surface area contributed by atoms with E-state index in [9.17, 15) is 9.59 Å². The number of thioether (sulfide) groups is 1. The molecule has 0 bridgehead atoms. The van der Waals surface area contributed by atoms with E-state index in [-0.39, 0.29) is 22.9 Å². The molecule has 0 saturated carbocycles. The average Bonchev–Trinajstić information content (AvgIpc) is 2.84. The van der Waals surface area contributed by atoms with Gasteiger partial charge in [0.15, 0.2) is 5.16 Å². The van der Waals surface area contributed by atoms with E-state index in [0.29, 0.717) is 27.0 Å². The summed E-state index contributed by atoms with van der Waals surface area (Å²) in [4.78, 5) is 31.3. The molecule has 2 aromatic heterocycles. The standard InChI is InChI=1S/C25H21N5O2S/c1-16(2)17-9-5-8-14-22(17)30-24(32)18-10-3-6-12-20(18)26-25(30)33-15-29-23(31)19-11-4-7-13-21(19)27-28-29/h3-14,16H,15H2,1-2H3. The van der Waals surface area contributed by atoms with Crippen LogP contribution < -0.4 is 11.1 Å². The third-order valence-electron chi connectivity index (χ3n) is 5.49. The molecule has 8 heteroatoms. The Kier molecular flexibility index (Phi) is 5.51. The van der Waals surface area contributed by atoms with Crippen molar-refractivity contribution in [2.45, 2.75) is 30.8 Å². The minimum absolute atomic E-state index is 0.145. The molecular formula is C25H21N5O2S. The highest BCUT2D eigenvalue weighted by atomic mass is 32.2. The molecule has 0 spiro atoms. The van der Waals surface area contributed by atoms with Crippen LogP contribution in [-0.2, 0) is 5.88 Å². The Hall–Kier alpha value is -3.78. The first-order valence-electron chi connectivity index (χ1n) is 10.6. The maximum Gasteiger partial charge on any atom is 0.278 e. The second-order valence-corrected chi connectivity index (χ2v) is 8.86. The van der Waals surface area contributed by atoms with E-state index in [1.54, 1.807) is 28.8 Å². The Balaban J connectivity index is 1.66. The lowest BCUT2D eigenvalue weighted by Crippen LogP contribution is -2.25. The van der Waals surface area contributed by atoms with E-state index in [0.717, 1.165) is 11.3 Å². The van der Waals surface area contributed by atoms with Crippen LogP contribution in [0, 0.1) is 0 Å². The molecular weight excluding hydrogens is 434 g/mol. The van der Waals surface area contributed by atoms with Crippen molar-refractivity contribution in [3.8, 4) is 5.69 Å². The molecule has 5 rings (SSSR count). The van der Waals surface area contributed by atoms with Crippen LogP contribution in [0.15, 0.2) is 87.5 Å². The lowest BCUT2D eigenvalue weighted by molar-refractivity contribution is 0.642. The largest absolute Gasteiger partial charge is 0.278 e. The van der Waals surface area contributed by atoms with Crippen LogP contribution in [-0.4, -0.2) is 24.5 Å². The maximum absolute atomic E-state index is 13.6. The van der Waals surface area contributed by atoms with Crippen molar-refractivity contribution < 1.29 is 0 Å². The van der Waals surface area contributed by atoms with Crippen molar-refractivity contribution in [3.05, 3.63) is 99.1 Å². The van der Waals surface area contributed by atoms with Crippen molar-refractivity contribution in [3.63, 3.8) is 0 Å². The third kappa shape index (κ3) is 3.82. The summed E-state index contributed by atoms with van der Waals surface area (Å²) in [5, 5.41) is 9.76. The van der Waals surface area contributed by atoms with Gasteiger partial charge in [-0.15, -0.1) is 5.10 Å². The Labute approximate surface area is 193 Å². The highest BCUT2D eigenvalue weighted by molar-refractivity contribution is 7.98. The summed E-state index contributed by atoms with van der Waals surface area (Å²) < 4.78 is 2.94. The zero-order chi connectivity index (χ0) is 22.9. The van der Waals surface area contributed by atoms with E-state index >= 15 is 0 Å². The summed E-state index contributed by atoms with van der Waals surface area (Å²) in [5.41, 5.74) is 2.62. The predicted molar refractivity (Wildman–Crippen MR) is 131 cm³/mol. The maximum atomic E-state index is 13.6. The van der Waals surface area contributed by atoms with Crippen molar-refractivity contribution >= 4 is 33.6 Å². The van der Waals surface area contributed by atoms with E-state index < -0.39 is 0 Å². The molecule has 5 aromatic rings. The van der Waals surface area contributed by atoms with E-state index in [4.69, 9.17) is 4.98 Å². The number of para-hydroxylation sites is 2. The van der Waals surface area contributed by atoms with Gasteiger partial charge in [0, 0.05) is 0 Å². The molecule has 2 heterocycles. The van der Waals surface area contributed by atoms with E-state index in [1.807, 2.05) is 48.5 Å². The number of benzene rings is 3. The number of nitrogens with zero attached hydrogens (tertiary/aromatic N) is 5. The fourth-order valence-corrected chi connectivity index (χ4v) is 4.71. The molecule has 164 valence electrons. The highest BCUT2D eigenvalue weighted by Gasteiger charge is 2.17. The summed E-state index contributed by atoms with van der Waals surface area (Å²) >= 11 is 1.28. The Bertz CT molecular complexity index is 1610. The smallest absolute Gasteiger partial charge is 0.268 e. The van der Waals surface area contributed by atoms with Gasteiger partial charge in [-0.05, 0) is 41.8 Å². The molecule has 0 N–H and O–H groups in total. The fraction of sp³-hybridized carbons (Fsp3) is 0.160. The number of hydrogen-bond acceptors (Lipinski definition) is 6. The molecule has 0 aliphatic heterocycles. The number of rotatable bonds is 5. The first-order chi connectivity index (χ1) is 16.0. The Morgan fingerprint density at radius 1 is 0.818 bits per heavy atom. The van der Waals surface area contributed by atoms with Gasteiger partial charge in [-0.25, -0.2) is 4.98 Å². The Morgan fingerprint density at radius 3 is 2.21 bits per heavy atom. The third-order valence-corrected chi connectivity index (χ3v) is 6.40. The molecule has 0 unspecified atom stereocenters.